The number of benzene rings is 1. The molecule has 0 aliphatic heterocycles. The Morgan fingerprint density at radius 1 is 1.12 bits per heavy atom. The van der Waals surface area contributed by atoms with Crippen molar-refractivity contribution in [1.82, 2.24) is 9.97 Å². The van der Waals surface area contributed by atoms with E-state index in [0.29, 0.717) is 16.0 Å². The topological polar surface area (TPSA) is 28.7 Å². The molecular formula is C12H10Cl2N2. The Balaban J connectivity index is 2.00. The first-order valence-corrected chi connectivity index (χ1v) is 5.99. The van der Waals surface area contributed by atoms with Crippen LogP contribution in [-0.2, 0) is 0 Å². The van der Waals surface area contributed by atoms with Gasteiger partial charge < -0.3 is 4.98 Å². The molecule has 1 fully saturated rings. The van der Waals surface area contributed by atoms with Crippen LogP contribution in [0.3, 0.4) is 0 Å². The number of nitrogens with zero attached hydrogens (tertiary/aromatic N) is 1. The summed E-state index contributed by atoms with van der Waals surface area (Å²) in [6, 6.07) is 5.45. The van der Waals surface area contributed by atoms with E-state index < -0.39 is 0 Å². The van der Waals surface area contributed by atoms with Crippen LogP contribution in [0.15, 0.2) is 24.4 Å². The number of aromatic nitrogens is 2. The predicted octanol–water partition coefficient (Wildman–Crippen LogP) is 4.26. The highest BCUT2D eigenvalue weighted by molar-refractivity contribution is 6.35. The molecule has 3 rings (SSSR count). The molecular weight excluding hydrogens is 243 g/mol. The molecule has 1 aromatic carbocycles. The van der Waals surface area contributed by atoms with Crippen molar-refractivity contribution >= 4 is 23.2 Å². The van der Waals surface area contributed by atoms with Crippen LogP contribution >= 0.6 is 23.2 Å². The lowest BCUT2D eigenvalue weighted by atomic mass is 10.2. The molecule has 1 aromatic heterocycles. The van der Waals surface area contributed by atoms with Crippen LogP contribution in [-0.4, -0.2) is 9.97 Å². The van der Waals surface area contributed by atoms with Gasteiger partial charge >= 0.3 is 0 Å². The maximum atomic E-state index is 5.96. The standard InChI is InChI=1S/C12H10Cl2N2/c13-9-3-8(4-10(14)5-9)12-15-6-11(16-12)7-1-2-7/h3-7H,1-2H2,(H,15,16). The minimum atomic E-state index is 0.631. The zero-order valence-corrected chi connectivity index (χ0v) is 10.0. The van der Waals surface area contributed by atoms with Crippen molar-refractivity contribution in [3.8, 4) is 11.4 Å². The number of imidazole rings is 1. The van der Waals surface area contributed by atoms with Gasteiger partial charge in [0.15, 0.2) is 0 Å². The van der Waals surface area contributed by atoms with Gasteiger partial charge in [0.05, 0.1) is 0 Å². The third-order valence-electron chi connectivity index (χ3n) is 2.75. The number of nitrogens with one attached hydrogen (secondary N) is 1. The number of halogens is 2. The molecule has 0 atom stereocenters. The SMILES string of the molecule is Clc1cc(Cl)cc(-c2ncc(C3CC3)[nH]2)c1. The Morgan fingerprint density at radius 3 is 2.44 bits per heavy atom. The quantitative estimate of drug-likeness (QED) is 0.850. The summed E-state index contributed by atoms with van der Waals surface area (Å²) in [7, 11) is 0. The van der Waals surface area contributed by atoms with Gasteiger partial charge in [-0.2, -0.15) is 0 Å². The van der Waals surface area contributed by atoms with E-state index in [1.165, 1.54) is 18.5 Å². The molecule has 0 spiro atoms. The van der Waals surface area contributed by atoms with Gasteiger partial charge in [0.25, 0.3) is 0 Å². The average molecular weight is 253 g/mol. The Bertz CT molecular complexity index is 509. The van der Waals surface area contributed by atoms with E-state index in [0.717, 1.165) is 11.4 Å². The number of H-pyrrole nitrogens is 1. The Kier molecular flexibility index (Phi) is 2.41. The lowest BCUT2D eigenvalue weighted by Gasteiger charge is -1.99. The second kappa shape index (κ2) is 3.79. The van der Waals surface area contributed by atoms with Gasteiger partial charge in [-0.15, -0.1) is 0 Å². The number of hydrogen-bond acceptors (Lipinski definition) is 1. The van der Waals surface area contributed by atoms with Gasteiger partial charge in [-0.3, -0.25) is 0 Å². The van der Waals surface area contributed by atoms with E-state index in [2.05, 4.69) is 9.97 Å². The third-order valence-corrected chi connectivity index (χ3v) is 3.19. The zero-order valence-electron chi connectivity index (χ0n) is 8.50. The fourth-order valence-electron chi connectivity index (χ4n) is 1.77. The normalized spacial score (nSPS) is 15.4. The van der Waals surface area contributed by atoms with Crippen LogP contribution in [0.5, 0.6) is 0 Å². The highest BCUT2D eigenvalue weighted by atomic mass is 35.5. The Morgan fingerprint density at radius 2 is 1.81 bits per heavy atom. The molecule has 2 nitrogen and oxygen atoms in total. The van der Waals surface area contributed by atoms with Gasteiger partial charge in [0.1, 0.15) is 5.82 Å². The molecule has 0 bridgehead atoms. The maximum absolute atomic E-state index is 5.96. The van der Waals surface area contributed by atoms with Gasteiger partial charge in [-0.25, -0.2) is 4.98 Å². The van der Waals surface area contributed by atoms with E-state index in [9.17, 15) is 0 Å². The minimum absolute atomic E-state index is 0.631. The fraction of sp³-hybridized carbons (Fsp3) is 0.250. The fourth-order valence-corrected chi connectivity index (χ4v) is 2.30. The Labute approximate surface area is 104 Å². The molecule has 1 heterocycles. The van der Waals surface area contributed by atoms with Crippen molar-refractivity contribution in [3.05, 3.63) is 40.1 Å². The molecule has 2 aromatic rings. The van der Waals surface area contributed by atoms with Crippen molar-refractivity contribution in [1.29, 1.82) is 0 Å². The zero-order chi connectivity index (χ0) is 11.1. The molecule has 1 saturated carbocycles. The van der Waals surface area contributed by atoms with Crippen LogP contribution in [0.4, 0.5) is 0 Å². The second-order valence-electron chi connectivity index (χ2n) is 4.12. The lowest BCUT2D eigenvalue weighted by molar-refractivity contribution is 1.05. The minimum Gasteiger partial charge on any atom is -0.342 e. The monoisotopic (exact) mass is 252 g/mol. The average Bonchev–Trinajstić information content (AvgIpc) is 2.95. The molecule has 1 N–H and O–H groups in total. The van der Waals surface area contributed by atoms with E-state index in [1.807, 2.05) is 18.3 Å². The summed E-state index contributed by atoms with van der Waals surface area (Å²) >= 11 is 11.9. The molecule has 16 heavy (non-hydrogen) atoms. The van der Waals surface area contributed by atoms with Crippen molar-refractivity contribution in [2.45, 2.75) is 18.8 Å². The number of hydrogen-bond donors (Lipinski definition) is 1. The van der Waals surface area contributed by atoms with E-state index in [1.54, 1.807) is 6.07 Å². The number of rotatable bonds is 2. The largest absolute Gasteiger partial charge is 0.342 e. The predicted molar refractivity (Wildman–Crippen MR) is 66.0 cm³/mol. The van der Waals surface area contributed by atoms with Crippen molar-refractivity contribution in [2.24, 2.45) is 0 Å². The Hall–Kier alpha value is -0.990. The molecule has 0 saturated heterocycles. The lowest BCUT2D eigenvalue weighted by Crippen LogP contribution is -1.82. The summed E-state index contributed by atoms with van der Waals surface area (Å²) in [5.41, 5.74) is 2.15. The van der Waals surface area contributed by atoms with E-state index in [4.69, 9.17) is 23.2 Å². The molecule has 82 valence electrons. The second-order valence-corrected chi connectivity index (χ2v) is 4.99. The van der Waals surface area contributed by atoms with Crippen molar-refractivity contribution in [3.63, 3.8) is 0 Å². The van der Waals surface area contributed by atoms with Crippen LogP contribution in [0, 0.1) is 0 Å². The highest BCUT2D eigenvalue weighted by Gasteiger charge is 2.25. The van der Waals surface area contributed by atoms with Crippen LogP contribution in [0.25, 0.3) is 11.4 Å². The van der Waals surface area contributed by atoms with Gasteiger partial charge in [0, 0.05) is 33.4 Å². The first-order chi connectivity index (χ1) is 7.72. The van der Waals surface area contributed by atoms with Gasteiger partial charge in [0.2, 0.25) is 0 Å². The molecule has 0 radical (unpaired) electrons. The van der Waals surface area contributed by atoms with Crippen molar-refractivity contribution < 1.29 is 0 Å². The van der Waals surface area contributed by atoms with Crippen LogP contribution < -0.4 is 0 Å². The number of aromatic amines is 1. The maximum Gasteiger partial charge on any atom is 0.137 e. The summed E-state index contributed by atoms with van der Waals surface area (Å²) < 4.78 is 0. The summed E-state index contributed by atoms with van der Waals surface area (Å²) in [5, 5.41) is 1.26. The molecule has 0 amide bonds. The first kappa shape index (κ1) is 10.2. The van der Waals surface area contributed by atoms with E-state index in [-0.39, 0.29) is 0 Å². The van der Waals surface area contributed by atoms with Gasteiger partial charge in [-0.1, -0.05) is 23.2 Å². The van der Waals surface area contributed by atoms with Crippen LogP contribution in [0.2, 0.25) is 10.0 Å². The molecule has 1 aliphatic carbocycles. The molecule has 0 unspecified atom stereocenters. The molecule has 1 aliphatic rings. The van der Waals surface area contributed by atoms with E-state index >= 15 is 0 Å². The third kappa shape index (κ3) is 1.95. The smallest absolute Gasteiger partial charge is 0.137 e. The summed E-state index contributed by atoms with van der Waals surface area (Å²) in [6.07, 6.45) is 4.43. The van der Waals surface area contributed by atoms with Gasteiger partial charge in [-0.05, 0) is 31.0 Å². The first-order valence-electron chi connectivity index (χ1n) is 5.24. The van der Waals surface area contributed by atoms with Crippen molar-refractivity contribution in [2.75, 3.05) is 0 Å². The summed E-state index contributed by atoms with van der Waals surface area (Å²) in [6.45, 7) is 0. The summed E-state index contributed by atoms with van der Waals surface area (Å²) in [5.74, 6) is 1.52. The summed E-state index contributed by atoms with van der Waals surface area (Å²) in [4.78, 5) is 7.67. The molecule has 4 heteroatoms. The van der Waals surface area contributed by atoms with Crippen LogP contribution in [0.1, 0.15) is 24.5 Å². The highest BCUT2D eigenvalue weighted by Crippen LogP contribution is 2.39.